The van der Waals surface area contributed by atoms with Gasteiger partial charge in [-0.3, -0.25) is 9.35 Å². The van der Waals surface area contributed by atoms with Crippen LogP contribution in [0.5, 0.6) is 0 Å². The van der Waals surface area contributed by atoms with Gasteiger partial charge in [0, 0.05) is 11.8 Å². The Hall–Kier alpha value is -0.420. The van der Waals surface area contributed by atoms with E-state index in [1.807, 2.05) is 20.8 Å². The average molecular weight is 246 g/mol. The van der Waals surface area contributed by atoms with Crippen LogP contribution in [0.2, 0.25) is 0 Å². The predicted octanol–water partition coefficient (Wildman–Crippen LogP) is 1.66. The van der Waals surface area contributed by atoms with Gasteiger partial charge in [0.25, 0.3) is 10.1 Å². The van der Waals surface area contributed by atoms with E-state index >= 15 is 0 Å². The number of Topliss-reactive ketones (excluding diaryl/α,β-unsaturated/α-hetero) is 1. The van der Waals surface area contributed by atoms with Gasteiger partial charge in [-0.1, -0.05) is 20.8 Å². The van der Waals surface area contributed by atoms with E-state index in [4.69, 9.17) is 4.55 Å². The first-order valence-electron chi connectivity index (χ1n) is 5.53. The Morgan fingerprint density at radius 3 is 2.12 bits per heavy atom. The van der Waals surface area contributed by atoms with E-state index in [1.165, 1.54) is 0 Å². The molecule has 2 atom stereocenters. The molecule has 0 radical (unpaired) electrons. The number of carbonyl (C=O) groups excluding carboxylic acids is 1. The zero-order valence-corrected chi connectivity index (χ0v) is 10.7. The van der Waals surface area contributed by atoms with E-state index < -0.39 is 20.9 Å². The fourth-order valence-corrected chi connectivity index (χ4v) is 4.96. The second-order valence-corrected chi connectivity index (χ2v) is 7.52. The molecule has 2 saturated carbocycles. The standard InChI is InChI=1S/C11H18O4S/c1-9(2)10(3)4-5-11(9,6-8(10)12)7-16(13,14)15/h4-7H2,1-3H3,(H,13,14,15). The van der Waals surface area contributed by atoms with E-state index in [9.17, 15) is 13.2 Å². The summed E-state index contributed by atoms with van der Waals surface area (Å²) < 4.78 is 31.3. The van der Waals surface area contributed by atoms with Gasteiger partial charge in [-0.05, 0) is 23.7 Å². The molecule has 0 aliphatic heterocycles. The summed E-state index contributed by atoms with van der Waals surface area (Å²) >= 11 is 0. The minimum Gasteiger partial charge on any atom is -0.299 e. The van der Waals surface area contributed by atoms with Crippen LogP contribution in [0.1, 0.15) is 40.0 Å². The Bertz CT molecular complexity index is 451. The number of rotatable bonds is 2. The van der Waals surface area contributed by atoms with Gasteiger partial charge in [0.1, 0.15) is 5.78 Å². The topological polar surface area (TPSA) is 71.4 Å². The second-order valence-electron chi connectivity index (χ2n) is 6.06. The zero-order valence-electron chi connectivity index (χ0n) is 9.91. The molecule has 2 fully saturated rings. The molecule has 2 bridgehead atoms. The third-order valence-corrected chi connectivity index (χ3v) is 6.30. The molecule has 4 nitrogen and oxygen atoms in total. The lowest BCUT2D eigenvalue weighted by atomic mass is 9.66. The molecule has 0 spiro atoms. The summed E-state index contributed by atoms with van der Waals surface area (Å²) in [5.74, 6) is -0.138. The molecule has 2 unspecified atom stereocenters. The highest BCUT2D eigenvalue weighted by Crippen LogP contribution is 2.70. The largest absolute Gasteiger partial charge is 0.299 e. The van der Waals surface area contributed by atoms with Gasteiger partial charge in [0.2, 0.25) is 0 Å². The van der Waals surface area contributed by atoms with Crippen LogP contribution >= 0.6 is 0 Å². The quantitative estimate of drug-likeness (QED) is 0.752. The van der Waals surface area contributed by atoms with Crippen LogP contribution in [0, 0.1) is 16.2 Å². The van der Waals surface area contributed by atoms with Crippen molar-refractivity contribution in [3.05, 3.63) is 0 Å². The monoisotopic (exact) mass is 246 g/mol. The van der Waals surface area contributed by atoms with Crippen LogP contribution in [0.15, 0.2) is 0 Å². The van der Waals surface area contributed by atoms with Crippen LogP contribution in [0.25, 0.3) is 0 Å². The number of hydrogen-bond donors (Lipinski definition) is 1. The molecule has 92 valence electrons. The summed E-state index contributed by atoms with van der Waals surface area (Å²) in [5, 5.41) is 0. The maximum Gasteiger partial charge on any atom is 0.265 e. The first-order chi connectivity index (χ1) is 7.04. The van der Waals surface area contributed by atoms with E-state index in [2.05, 4.69) is 0 Å². The zero-order chi connectivity index (χ0) is 12.4. The summed E-state index contributed by atoms with van der Waals surface area (Å²) in [6.45, 7) is 5.83. The van der Waals surface area contributed by atoms with Crippen molar-refractivity contribution in [3.8, 4) is 0 Å². The lowest BCUT2D eigenvalue weighted by molar-refractivity contribution is -0.128. The van der Waals surface area contributed by atoms with Crippen molar-refractivity contribution in [2.75, 3.05) is 5.75 Å². The highest BCUT2D eigenvalue weighted by atomic mass is 32.2. The number of carbonyl (C=O) groups is 1. The van der Waals surface area contributed by atoms with Crippen LogP contribution in [0.4, 0.5) is 0 Å². The Morgan fingerprint density at radius 2 is 1.81 bits per heavy atom. The smallest absolute Gasteiger partial charge is 0.265 e. The molecule has 0 amide bonds. The van der Waals surface area contributed by atoms with Crippen molar-refractivity contribution in [2.24, 2.45) is 16.2 Å². The van der Waals surface area contributed by atoms with Crippen molar-refractivity contribution in [2.45, 2.75) is 40.0 Å². The summed E-state index contributed by atoms with van der Waals surface area (Å²) in [4.78, 5) is 12.0. The minimum absolute atomic E-state index is 0.146. The van der Waals surface area contributed by atoms with E-state index in [-0.39, 0.29) is 23.4 Å². The Morgan fingerprint density at radius 1 is 1.25 bits per heavy atom. The summed E-state index contributed by atoms with van der Waals surface area (Å²) in [6, 6.07) is 0. The number of fused-ring (bicyclic) bond motifs is 2. The number of hydrogen-bond acceptors (Lipinski definition) is 3. The summed E-state index contributed by atoms with van der Waals surface area (Å²) in [7, 11) is -4.02. The van der Waals surface area contributed by atoms with Gasteiger partial charge in [0.05, 0.1) is 5.75 Å². The Balaban J connectivity index is 2.49. The molecular weight excluding hydrogens is 228 g/mol. The van der Waals surface area contributed by atoms with Crippen LogP contribution in [0.3, 0.4) is 0 Å². The first kappa shape index (κ1) is 12.0. The molecule has 0 aromatic rings. The molecule has 2 rings (SSSR count). The van der Waals surface area contributed by atoms with E-state index in [0.717, 1.165) is 6.42 Å². The predicted molar refractivity (Wildman–Crippen MR) is 59.6 cm³/mol. The molecule has 0 heterocycles. The van der Waals surface area contributed by atoms with Crippen molar-refractivity contribution < 1.29 is 17.8 Å². The molecule has 16 heavy (non-hydrogen) atoms. The molecule has 2 aliphatic carbocycles. The molecule has 0 aromatic heterocycles. The maximum atomic E-state index is 12.0. The molecule has 1 N–H and O–H groups in total. The normalized spacial score (nSPS) is 41.6. The molecule has 0 saturated heterocycles. The molecular formula is C11H18O4S. The van der Waals surface area contributed by atoms with Gasteiger partial charge in [-0.2, -0.15) is 8.42 Å². The fraction of sp³-hybridized carbons (Fsp3) is 0.909. The first-order valence-corrected chi connectivity index (χ1v) is 7.14. The van der Waals surface area contributed by atoms with Crippen molar-refractivity contribution in [1.29, 1.82) is 0 Å². The van der Waals surface area contributed by atoms with Crippen LogP contribution < -0.4 is 0 Å². The summed E-state index contributed by atoms with van der Waals surface area (Å²) in [5.41, 5.74) is -1.34. The third-order valence-electron chi connectivity index (χ3n) is 5.38. The van der Waals surface area contributed by atoms with Gasteiger partial charge < -0.3 is 0 Å². The lowest BCUT2D eigenvalue weighted by Crippen LogP contribution is -2.39. The molecule has 0 aromatic carbocycles. The minimum atomic E-state index is -4.02. The Labute approximate surface area is 96.2 Å². The van der Waals surface area contributed by atoms with E-state index in [1.54, 1.807) is 0 Å². The highest BCUT2D eigenvalue weighted by Gasteiger charge is 2.70. The van der Waals surface area contributed by atoms with E-state index in [0.29, 0.717) is 6.42 Å². The highest BCUT2D eigenvalue weighted by molar-refractivity contribution is 7.85. The van der Waals surface area contributed by atoms with Crippen molar-refractivity contribution in [1.82, 2.24) is 0 Å². The van der Waals surface area contributed by atoms with Crippen molar-refractivity contribution >= 4 is 15.9 Å². The SMILES string of the molecule is CC12CCC(CS(=O)(=O)O)(CC1=O)C2(C)C. The van der Waals surface area contributed by atoms with Gasteiger partial charge >= 0.3 is 0 Å². The van der Waals surface area contributed by atoms with Gasteiger partial charge in [-0.15, -0.1) is 0 Å². The summed E-state index contributed by atoms with van der Waals surface area (Å²) in [6.07, 6.45) is 1.73. The number of ketones is 1. The molecule has 2 aliphatic rings. The maximum absolute atomic E-state index is 12.0. The lowest BCUT2D eigenvalue weighted by Gasteiger charge is -2.39. The fourth-order valence-electron chi connectivity index (χ4n) is 3.65. The van der Waals surface area contributed by atoms with Crippen LogP contribution in [-0.4, -0.2) is 24.5 Å². The van der Waals surface area contributed by atoms with Gasteiger partial charge in [-0.25, -0.2) is 0 Å². The van der Waals surface area contributed by atoms with Crippen LogP contribution in [-0.2, 0) is 14.9 Å². The molecule has 5 heteroatoms. The second kappa shape index (κ2) is 2.88. The van der Waals surface area contributed by atoms with Gasteiger partial charge in [0.15, 0.2) is 0 Å². The Kier molecular flexibility index (Phi) is 2.17. The van der Waals surface area contributed by atoms with Crippen molar-refractivity contribution in [3.63, 3.8) is 0 Å². The average Bonchev–Trinajstić information content (AvgIpc) is 2.31. The third kappa shape index (κ3) is 1.24.